The second kappa shape index (κ2) is 7.08. The lowest BCUT2D eigenvalue weighted by atomic mass is 9.80. The highest BCUT2D eigenvalue weighted by Crippen LogP contribution is 2.35. The van der Waals surface area contributed by atoms with Crippen molar-refractivity contribution >= 4 is 6.03 Å². The van der Waals surface area contributed by atoms with Crippen molar-refractivity contribution in [2.75, 3.05) is 13.1 Å². The van der Waals surface area contributed by atoms with E-state index in [-0.39, 0.29) is 23.9 Å². The van der Waals surface area contributed by atoms with Crippen molar-refractivity contribution in [1.82, 2.24) is 10.2 Å². The summed E-state index contributed by atoms with van der Waals surface area (Å²) in [5.74, 6) is 0.105. The molecule has 0 saturated heterocycles. The zero-order chi connectivity index (χ0) is 18.1. The van der Waals surface area contributed by atoms with Crippen LogP contribution in [-0.4, -0.2) is 30.1 Å². The van der Waals surface area contributed by atoms with Crippen LogP contribution in [-0.2, 0) is 6.42 Å². The minimum Gasteiger partial charge on any atom is -0.338 e. The van der Waals surface area contributed by atoms with Gasteiger partial charge in [-0.15, -0.1) is 0 Å². The number of nitrogens with two attached hydrogens (primary N) is 1. The molecule has 136 valence electrons. The molecule has 1 saturated carbocycles. The summed E-state index contributed by atoms with van der Waals surface area (Å²) >= 11 is 0. The lowest BCUT2D eigenvalue weighted by Gasteiger charge is -2.39. The van der Waals surface area contributed by atoms with Crippen LogP contribution in [0.4, 0.5) is 9.18 Å². The van der Waals surface area contributed by atoms with E-state index in [1.807, 2.05) is 17.0 Å². The van der Waals surface area contributed by atoms with Crippen molar-refractivity contribution < 1.29 is 9.18 Å². The van der Waals surface area contributed by atoms with Gasteiger partial charge in [0.25, 0.3) is 0 Å². The monoisotopic (exact) mass is 353 g/mol. The van der Waals surface area contributed by atoms with Crippen LogP contribution >= 0.6 is 0 Å². The number of nitrogens with one attached hydrogen (secondary N) is 1. The number of nitrogens with zero attached hydrogens (tertiary/aromatic N) is 1. The average molecular weight is 353 g/mol. The summed E-state index contributed by atoms with van der Waals surface area (Å²) in [4.78, 5) is 14.8. The molecule has 0 radical (unpaired) electrons. The first-order chi connectivity index (χ1) is 12.6. The van der Waals surface area contributed by atoms with Gasteiger partial charge in [0, 0.05) is 19.1 Å². The number of rotatable bonds is 3. The number of hydrogen-bond acceptors (Lipinski definition) is 2. The third kappa shape index (κ3) is 3.19. The van der Waals surface area contributed by atoms with Crippen LogP contribution in [0.1, 0.15) is 35.6 Å². The lowest BCUT2D eigenvalue weighted by molar-refractivity contribution is 0.171. The number of carbonyl (C=O) groups is 1. The van der Waals surface area contributed by atoms with E-state index >= 15 is 0 Å². The van der Waals surface area contributed by atoms with Crippen molar-refractivity contribution in [2.45, 2.75) is 31.3 Å². The molecule has 26 heavy (non-hydrogen) atoms. The van der Waals surface area contributed by atoms with Crippen molar-refractivity contribution in [3.05, 3.63) is 71.0 Å². The minimum absolute atomic E-state index is 0.0760. The summed E-state index contributed by atoms with van der Waals surface area (Å²) in [5.41, 5.74) is 9.26. The molecule has 1 aliphatic heterocycles. The number of fused-ring (bicyclic) bond motifs is 1. The molecule has 1 heterocycles. The SMILES string of the molecule is N[C@H]1CC[C@H]1CNC(=O)N1CCc2ccccc2[C@@H]1c1ccc(F)cc1. The van der Waals surface area contributed by atoms with Crippen molar-refractivity contribution in [3.8, 4) is 0 Å². The second-order valence-electron chi connectivity index (χ2n) is 7.28. The van der Waals surface area contributed by atoms with Crippen LogP contribution in [0, 0.1) is 11.7 Å². The van der Waals surface area contributed by atoms with Gasteiger partial charge in [0.05, 0.1) is 6.04 Å². The summed E-state index contributed by atoms with van der Waals surface area (Å²) in [6.45, 7) is 1.26. The van der Waals surface area contributed by atoms with E-state index in [1.165, 1.54) is 17.7 Å². The van der Waals surface area contributed by atoms with Gasteiger partial charge in [-0.3, -0.25) is 0 Å². The molecule has 2 aliphatic rings. The van der Waals surface area contributed by atoms with Crippen molar-refractivity contribution in [3.63, 3.8) is 0 Å². The second-order valence-corrected chi connectivity index (χ2v) is 7.28. The highest BCUT2D eigenvalue weighted by molar-refractivity contribution is 5.76. The first-order valence-electron chi connectivity index (χ1n) is 9.27. The van der Waals surface area contributed by atoms with E-state index in [1.54, 1.807) is 12.1 Å². The molecule has 1 fully saturated rings. The van der Waals surface area contributed by atoms with Gasteiger partial charge in [0.2, 0.25) is 0 Å². The third-order valence-corrected chi connectivity index (χ3v) is 5.72. The van der Waals surface area contributed by atoms with Gasteiger partial charge in [0.15, 0.2) is 0 Å². The van der Waals surface area contributed by atoms with Crippen LogP contribution in [0.15, 0.2) is 48.5 Å². The van der Waals surface area contributed by atoms with Gasteiger partial charge in [0.1, 0.15) is 5.82 Å². The Hall–Kier alpha value is -2.40. The van der Waals surface area contributed by atoms with Gasteiger partial charge in [-0.2, -0.15) is 0 Å². The smallest absolute Gasteiger partial charge is 0.318 e. The van der Waals surface area contributed by atoms with Gasteiger partial charge < -0.3 is 16.0 Å². The first kappa shape index (κ1) is 17.0. The standard InChI is InChI=1S/C21H24FN3O/c22-17-8-5-15(6-9-17)20-18-4-2-1-3-14(18)11-12-25(20)21(26)24-13-16-7-10-19(16)23/h1-6,8-9,16,19-20H,7,10-13,23H2,(H,24,26)/t16-,19-,20-/m0/s1. The molecule has 0 aromatic heterocycles. The largest absolute Gasteiger partial charge is 0.338 e. The van der Waals surface area contributed by atoms with E-state index in [2.05, 4.69) is 17.4 Å². The number of urea groups is 1. The fourth-order valence-electron chi connectivity index (χ4n) is 3.96. The number of amides is 2. The van der Waals surface area contributed by atoms with Crippen molar-refractivity contribution in [1.29, 1.82) is 0 Å². The summed E-state index contributed by atoms with van der Waals surface area (Å²) in [5, 5.41) is 3.06. The maximum Gasteiger partial charge on any atom is 0.318 e. The van der Waals surface area contributed by atoms with Crippen LogP contribution in [0.25, 0.3) is 0 Å². The molecule has 5 heteroatoms. The molecular weight excluding hydrogens is 329 g/mol. The van der Waals surface area contributed by atoms with Gasteiger partial charge in [-0.05, 0) is 54.0 Å². The number of halogens is 1. The molecule has 0 unspecified atom stereocenters. The van der Waals surface area contributed by atoms with Crippen LogP contribution in [0.5, 0.6) is 0 Å². The van der Waals surface area contributed by atoms with E-state index in [0.717, 1.165) is 30.4 Å². The fraction of sp³-hybridized carbons (Fsp3) is 0.381. The van der Waals surface area contributed by atoms with E-state index in [4.69, 9.17) is 5.73 Å². The Bertz CT molecular complexity index is 792. The predicted molar refractivity (Wildman–Crippen MR) is 99.2 cm³/mol. The average Bonchev–Trinajstić information content (AvgIpc) is 2.66. The van der Waals surface area contributed by atoms with Gasteiger partial charge in [-0.25, -0.2) is 9.18 Å². The Morgan fingerprint density at radius 2 is 1.92 bits per heavy atom. The molecule has 4 nitrogen and oxygen atoms in total. The summed E-state index contributed by atoms with van der Waals surface area (Å²) in [7, 11) is 0. The highest BCUT2D eigenvalue weighted by atomic mass is 19.1. The molecule has 2 amide bonds. The molecule has 3 N–H and O–H groups in total. The van der Waals surface area contributed by atoms with Gasteiger partial charge in [-0.1, -0.05) is 36.4 Å². The lowest BCUT2D eigenvalue weighted by Crippen LogP contribution is -2.51. The van der Waals surface area contributed by atoms with E-state index in [0.29, 0.717) is 19.0 Å². The molecule has 4 rings (SSSR count). The van der Waals surface area contributed by atoms with Crippen LogP contribution < -0.4 is 11.1 Å². The molecule has 0 bridgehead atoms. The molecule has 1 aliphatic carbocycles. The Morgan fingerprint density at radius 3 is 2.62 bits per heavy atom. The normalized spacial score (nSPS) is 24.5. The first-order valence-corrected chi connectivity index (χ1v) is 9.27. The summed E-state index contributed by atoms with van der Waals surface area (Å²) in [6, 6.07) is 14.5. The number of hydrogen-bond donors (Lipinski definition) is 2. The quantitative estimate of drug-likeness (QED) is 0.890. The van der Waals surface area contributed by atoms with Gasteiger partial charge >= 0.3 is 6.03 Å². The van der Waals surface area contributed by atoms with Crippen molar-refractivity contribution in [2.24, 2.45) is 11.7 Å². The van der Waals surface area contributed by atoms with E-state index in [9.17, 15) is 9.18 Å². The summed E-state index contributed by atoms with van der Waals surface area (Å²) in [6.07, 6.45) is 2.94. The molecule has 2 aromatic rings. The maximum absolute atomic E-state index is 13.4. The highest BCUT2D eigenvalue weighted by Gasteiger charge is 2.33. The molecule has 0 spiro atoms. The maximum atomic E-state index is 13.4. The number of carbonyl (C=O) groups excluding carboxylic acids is 1. The fourth-order valence-corrected chi connectivity index (χ4v) is 3.96. The Balaban J connectivity index is 1.60. The predicted octanol–water partition coefficient (Wildman–Crippen LogP) is 3.22. The molecular formula is C21H24FN3O. The number of benzene rings is 2. The summed E-state index contributed by atoms with van der Waals surface area (Å²) < 4.78 is 13.4. The third-order valence-electron chi connectivity index (χ3n) is 5.72. The molecule has 2 aromatic carbocycles. The molecule has 3 atom stereocenters. The zero-order valence-electron chi connectivity index (χ0n) is 14.7. The Labute approximate surface area is 153 Å². The topological polar surface area (TPSA) is 58.4 Å². The Morgan fingerprint density at radius 1 is 1.15 bits per heavy atom. The Kier molecular flexibility index (Phi) is 4.64. The van der Waals surface area contributed by atoms with Crippen LogP contribution in [0.2, 0.25) is 0 Å². The minimum atomic E-state index is -0.271. The van der Waals surface area contributed by atoms with E-state index < -0.39 is 0 Å². The zero-order valence-corrected chi connectivity index (χ0v) is 14.7. The van der Waals surface area contributed by atoms with Crippen LogP contribution in [0.3, 0.4) is 0 Å².